The summed E-state index contributed by atoms with van der Waals surface area (Å²) in [6, 6.07) is 4.69. The first kappa shape index (κ1) is 13.6. The molecule has 0 spiro atoms. The molecule has 3 unspecified atom stereocenters. The summed E-state index contributed by atoms with van der Waals surface area (Å²) >= 11 is 0. The lowest BCUT2D eigenvalue weighted by Crippen LogP contribution is -2.31. The highest BCUT2D eigenvalue weighted by Gasteiger charge is 2.29. The van der Waals surface area contributed by atoms with Gasteiger partial charge in [0.15, 0.2) is 11.5 Å². The first-order valence-electron chi connectivity index (χ1n) is 7.39. The zero-order valence-electron chi connectivity index (χ0n) is 12.4. The number of hydrogen-bond acceptors (Lipinski definition) is 4. The van der Waals surface area contributed by atoms with Gasteiger partial charge in [-0.1, -0.05) is 13.8 Å². The Morgan fingerprint density at radius 1 is 1.25 bits per heavy atom. The molecule has 3 rings (SSSR count). The van der Waals surface area contributed by atoms with Crippen LogP contribution in [0.2, 0.25) is 0 Å². The van der Waals surface area contributed by atoms with Crippen LogP contribution in [0.4, 0.5) is 0 Å². The van der Waals surface area contributed by atoms with Crippen molar-refractivity contribution in [2.75, 3.05) is 13.9 Å². The molecule has 0 aromatic heterocycles. The second-order valence-electron chi connectivity index (χ2n) is 5.93. The van der Waals surface area contributed by atoms with E-state index in [1.54, 1.807) is 7.11 Å². The van der Waals surface area contributed by atoms with Crippen LogP contribution in [0.3, 0.4) is 0 Å². The van der Waals surface area contributed by atoms with E-state index < -0.39 is 0 Å². The van der Waals surface area contributed by atoms with E-state index in [2.05, 4.69) is 19.2 Å². The van der Waals surface area contributed by atoms with Crippen LogP contribution >= 0.6 is 0 Å². The molecule has 1 heterocycles. The smallest absolute Gasteiger partial charge is 0.231 e. The zero-order valence-corrected chi connectivity index (χ0v) is 12.4. The van der Waals surface area contributed by atoms with E-state index in [4.69, 9.17) is 14.2 Å². The highest BCUT2D eigenvalue weighted by Crippen LogP contribution is 2.42. The van der Waals surface area contributed by atoms with Gasteiger partial charge in [-0.3, -0.25) is 0 Å². The predicted octanol–water partition coefficient (Wildman–Crippen LogP) is 2.95. The Labute approximate surface area is 120 Å². The van der Waals surface area contributed by atoms with Crippen LogP contribution in [-0.2, 0) is 6.54 Å². The average Bonchev–Trinajstić information content (AvgIpc) is 3.04. The molecule has 20 heavy (non-hydrogen) atoms. The third-order valence-corrected chi connectivity index (χ3v) is 4.75. The van der Waals surface area contributed by atoms with Crippen LogP contribution in [0.1, 0.15) is 32.3 Å². The number of nitrogens with one attached hydrogen (secondary N) is 1. The van der Waals surface area contributed by atoms with E-state index in [9.17, 15) is 0 Å². The van der Waals surface area contributed by atoms with Crippen molar-refractivity contribution in [3.63, 3.8) is 0 Å². The summed E-state index contributed by atoms with van der Waals surface area (Å²) in [6.07, 6.45) is 2.59. The minimum Gasteiger partial charge on any atom is -0.493 e. The largest absolute Gasteiger partial charge is 0.493 e. The van der Waals surface area contributed by atoms with Crippen LogP contribution in [0.25, 0.3) is 0 Å². The summed E-state index contributed by atoms with van der Waals surface area (Å²) in [4.78, 5) is 0. The maximum Gasteiger partial charge on any atom is 0.231 e. The molecule has 0 radical (unpaired) electrons. The monoisotopic (exact) mass is 277 g/mol. The molecule has 110 valence electrons. The summed E-state index contributed by atoms with van der Waals surface area (Å²) in [7, 11) is 1.66. The Balaban J connectivity index is 1.69. The Morgan fingerprint density at radius 3 is 2.80 bits per heavy atom. The van der Waals surface area contributed by atoms with Gasteiger partial charge >= 0.3 is 0 Å². The maximum absolute atomic E-state index is 5.46. The SMILES string of the molecule is COc1cc(CNC2CCC(C)C2C)cc2c1OCO2. The van der Waals surface area contributed by atoms with Crippen molar-refractivity contribution < 1.29 is 14.2 Å². The molecular formula is C16H23NO3. The predicted molar refractivity (Wildman–Crippen MR) is 77.3 cm³/mol. The highest BCUT2D eigenvalue weighted by molar-refractivity contribution is 5.55. The first-order chi connectivity index (χ1) is 9.69. The van der Waals surface area contributed by atoms with Gasteiger partial charge in [-0.2, -0.15) is 0 Å². The van der Waals surface area contributed by atoms with E-state index >= 15 is 0 Å². The molecule has 0 amide bonds. The van der Waals surface area contributed by atoms with Crippen LogP contribution in [0.15, 0.2) is 12.1 Å². The number of hydrogen-bond donors (Lipinski definition) is 1. The maximum atomic E-state index is 5.46. The van der Waals surface area contributed by atoms with Crippen molar-refractivity contribution in [1.82, 2.24) is 5.32 Å². The van der Waals surface area contributed by atoms with E-state index in [1.807, 2.05) is 12.1 Å². The van der Waals surface area contributed by atoms with Crippen LogP contribution < -0.4 is 19.5 Å². The lowest BCUT2D eigenvalue weighted by Gasteiger charge is -2.20. The van der Waals surface area contributed by atoms with E-state index in [0.717, 1.165) is 35.6 Å². The molecule has 0 bridgehead atoms. The molecule has 1 fully saturated rings. The summed E-state index contributed by atoms with van der Waals surface area (Å²) in [5, 5.41) is 3.67. The summed E-state index contributed by atoms with van der Waals surface area (Å²) in [6.45, 7) is 5.81. The number of fused-ring (bicyclic) bond motifs is 1. The van der Waals surface area contributed by atoms with Gasteiger partial charge in [0.05, 0.1) is 7.11 Å². The number of benzene rings is 1. The van der Waals surface area contributed by atoms with Crippen molar-refractivity contribution in [2.45, 2.75) is 39.3 Å². The fourth-order valence-electron chi connectivity index (χ4n) is 3.19. The topological polar surface area (TPSA) is 39.7 Å². The number of methoxy groups -OCH3 is 1. The first-order valence-corrected chi connectivity index (χ1v) is 7.39. The van der Waals surface area contributed by atoms with Crippen LogP contribution in [-0.4, -0.2) is 19.9 Å². The molecule has 4 nitrogen and oxygen atoms in total. The Hall–Kier alpha value is -1.42. The molecule has 1 aromatic rings. The molecule has 0 saturated heterocycles. The van der Waals surface area contributed by atoms with Crippen molar-refractivity contribution in [3.8, 4) is 17.2 Å². The minimum atomic E-state index is 0.278. The van der Waals surface area contributed by atoms with Crippen molar-refractivity contribution in [1.29, 1.82) is 0 Å². The zero-order chi connectivity index (χ0) is 14.1. The van der Waals surface area contributed by atoms with Gasteiger partial charge in [-0.15, -0.1) is 0 Å². The van der Waals surface area contributed by atoms with Gasteiger partial charge in [0.2, 0.25) is 12.5 Å². The molecule has 3 atom stereocenters. The lowest BCUT2D eigenvalue weighted by molar-refractivity contribution is 0.171. The quantitative estimate of drug-likeness (QED) is 0.918. The molecule has 1 aromatic carbocycles. The fraction of sp³-hybridized carbons (Fsp3) is 0.625. The number of rotatable bonds is 4. The second-order valence-corrected chi connectivity index (χ2v) is 5.93. The van der Waals surface area contributed by atoms with E-state index in [-0.39, 0.29) is 6.79 Å². The normalized spacial score (nSPS) is 27.9. The molecule has 1 N–H and O–H groups in total. The van der Waals surface area contributed by atoms with Gasteiger partial charge in [0.1, 0.15) is 0 Å². The Kier molecular flexibility index (Phi) is 3.74. The number of ether oxygens (including phenoxy) is 3. The Morgan fingerprint density at radius 2 is 2.10 bits per heavy atom. The molecule has 2 aliphatic rings. The van der Waals surface area contributed by atoms with Gasteiger partial charge in [0, 0.05) is 12.6 Å². The third-order valence-electron chi connectivity index (χ3n) is 4.75. The fourth-order valence-corrected chi connectivity index (χ4v) is 3.19. The summed E-state index contributed by atoms with van der Waals surface area (Å²) in [5.41, 5.74) is 1.18. The average molecular weight is 277 g/mol. The molecule has 1 saturated carbocycles. The van der Waals surface area contributed by atoms with E-state index in [1.165, 1.54) is 18.4 Å². The van der Waals surface area contributed by atoms with Gasteiger partial charge < -0.3 is 19.5 Å². The molecule has 1 aliphatic carbocycles. The van der Waals surface area contributed by atoms with Gasteiger partial charge in [-0.25, -0.2) is 0 Å². The molecule has 4 heteroatoms. The van der Waals surface area contributed by atoms with E-state index in [0.29, 0.717) is 6.04 Å². The second kappa shape index (κ2) is 5.52. The third kappa shape index (κ3) is 2.44. The van der Waals surface area contributed by atoms with Crippen LogP contribution in [0, 0.1) is 11.8 Å². The minimum absolute atomic E-state index is 0.278. The van der Waals surface area contributed by atoms with Crippen molar-refractivity contribution in [2.24, 2.45) is 11.8 Å². The van der Waals surface area contributed by atoms with Crippen molar-refractivity contribution >= 4 is 0 Å². The highest BCUT2D eigenvalue weighted by atomic mass is 16.7. The Bertz CT molecular complexity index is 489. The standard InChI is InChI=1S/C16H23NO3/c1-10-4-5-13(11(10)2)17-8-12-6-14(18-3)16-15(7-12)19-9-20-16/h6-7,10-11,13,17H,4-5,8-9H2,1-3H3. The summed E-state index contributed by atoms with van der Waals surface area (Å²) < 4.78 is 16.3. The summed E-state index contributed by atoms with van der Waals surface area (Å²) in [5.74, 6) is 3.82. The van der Waals surface area contributed by atoms with Crippen LogP contribution in [0.5, 0.6) is 17.2 Å². The molecular weight excluding hydrogens is 254 g/mol. The molecule has 1 aliphatic heterocycles. The van der Waals surface area contributed by atoms with Crippen molar-refractivity contribution in [3.05, 3.63) is 17.7 Å². The van der Waals surface area contributed by atoms with Gasteiger partial charge in [0.25, 0.3) is 0 Å². The van der Waals surface area contributed by atoms with Gasteiger partial charge in [-0.05, 0) is 42.4 Å². The lowest BCUT2D eigenvalue weighted by atomic mass is 9.97.